The molecule has 0 unspecified atom stereocenters. The van der Waals surface area contributed by atoms with Gasteiger partial charge in [0.1, 0.15) is 38.8 Å². The highest BCUT2D eigenvalue weighted by molar-refractivity contribution is 7.09. The molecule has 3 N–H and O–H groups in total. The Labute approximate surface area is 141 Å². The van der Waals surface area contributed by atoms with Gasteiger partial charge in [-0.05, 0) is 17.5 Å². The van der Waals surface area contributed by atoms with Crippen molar-refractivity contribution in [1.82, 2.24) is 0 Å². The lowest BCUT2D eigenvalue weighted by Crippen LogP contribution is -3.16. The van der Waals surface area contributed by atoms with Crippen LogP contribution in [-0.2, 0) is 11.3 Å². The maximum Gasteiger partial charge on any atom is 0.274 e. The second-order valence-electron chi connectivity index (χ2n) is 5.94. The number of aromatic amines is 1. The Morgan fingerprint density at radius 2 is 2.13 bits per heavy atom. The molecular weight excluding hydrogens is 310 g/mol. The summed E-state index contributed by atoms with van der Waals surface area (Å²) in [5.41, 5.74) is 0. The van der Waals surface area contributed by atoms with Gasteiger partial charge in [0.2, 0.25) is 0 Å². The van der Waals surface area contributed by atoms with E-state index in [1.165, 1.54) is 15.6 Å². The molecule has 1 fully saturated rings. The Balaban J connectivity index is 1.35. The third kappa shape index (κ3) is 5.00. The molecule has 0 spiro atoms. The first kappa shape index (κ1) is 16.4. The van der Waals surface area contributed by atoms with E-state index in [1.54, 1.807) is 11.3 Å². The van der Waals surface area contributed by atoms with E-state index < -0.39 is 0 Å². The number of nitrogens with zero attached hydrogens (tertiary/aromatic N) is 1. The van der Waals surface area contributed by atoms with Gasteiger partial charge in [0.05, 0.1) is 19.4 Å². The number of nitrogens with one attached hydrogen (secondary N) is 2. The van der Waals surface area contributed by atoms with Gasteiger partial charge in [0.25, 0.3) is 5.82 Å². The quantitative estimate of drug-likeness (QED) is 0.740. The number of thiophene rings is 1. The van der Waals surface area contributed by atoms with Crippen molar-refractivity contribution in [1.29, 1.82) is 0 Å². The van der Waals surface area contributed by atoms with Crippen molar-refractivity contribution in [3.05, 3.63) is 46.8 Å². The van der Waals surface area contributed by atoms with Crippen LogP contribution in [0.15, 0.2) is 41.9 Å². The van der Waals surface area contributed by atoms with Crippen LogP contribution in [0.5, 0.6) is 0 Å². The van der Waals surface area contributed by atoms with Gasteiger partial charge in [0, 0.05) is 10.9 Å². The number of pyridine rings is 1. The summed E-state index contributed by atoms with van der Waals surface area (Å²) in [5.74, 6) is 1.17. The SMILES string of the molecule is O[C@H](COCc1cccs1)C[NH+]1CCN(c2cccc[nH+]2)CC1. The predicted octanol–water partition coefficient (Wildman–Crippen LogP) is -0.155. The topological polar surface area (TPSA) is 51.3 Å². The zero-order valence-electron chi connectivity index (χ0n) is 13.3. The Bertz CT molecular complexity index is 556. The number of aromatic nitrogens is 1. The van der Waals surface area contributed by atoms with E-state index in [2.05, 4.69) is 28.1 Å². The van der Waals surface area contributed by atoms with Gasteiger partial charge >= 0.3 is 0 Å². The number of quaternary nitrogens is 1. The summed E-state index contributed by atoms with van der Waals surface area (Å²) in [6, 6.07) is 10.2. The van der Waals surface area contributed by atoms with E-state index in [9.17, 15) is 5.11 Å². The van der Waals surface area contributed by atoms with Crippen molar-refractivity contribution in [2.45, 2.75) is 12.7 Å². The van der Waals surface area contributed by atoms with E-state index in [1.807, 2.05) is 23.7 Å². The average molecular weight is 335 g/mol. The molecule has 1 atom stereocenters. The Morgan fingerprint density at radius 1 is 1.26 bits per heavy atom. The molecule has 1 saturated heterocycles. The van der Waals surface area contributed by atoms with Crippen molar-refractivity contribution in [3.8, 4) is 0 Å². The first-order valence-corrected chi connectivity index (χ1v) is 9.02. The number of piperazine rings is 1. The molecule has 1 aliphatic heterocycles. The first-order chi connectivity index (χ1) is 11.3. The Hall–Kier alpha value is -1.47. The number of aliphatic hydroxyl groups excluding tert-OH is 1. The zero-order chi connectivity index (χ0) is 15.9. The molecule has 6 heteroatoms. The van der Waals surface area contributed by atoms with Crippen LogP contribution < -0.4 is 14.8 Å². The molecule has 5 nitrogen and oxygen atoms in total. The highest BCUT2D eigenvalue weighted by atomic mass is 32.1. The minimum absolute atomic E-state index is 0.389. The highest BCUT2D eigenvalue weighted by Crippen LogP contribution is 2.09. The third-order valence-electron chi connectivity index (χ3n) is 4.16. The first-order valence-electron chi connectivity index (χ1n) is 8.14. The summed E-state index contributed by atoms with van der Waals surface area (Å²) in [6.07, 6.45) is 1.57. The smallest absolute Gasteiger partial charge is 0.274 e. The van der Waals surface area contributed by atoms with Crippen LogP contribution in [-0.4, -0.2) is 50.5 Å². The maximum absolute atomic E-state index is 10.2. The molecule has 1 aliphatic rings. The molecule has 3 heterocycles. The normalized spacial score (nSPS) is 17.3. The second-order valence-corrected chi connectivity index (χ2v) is 6.97. The maximum atomic E-state index is 10.2. The predicted molar refractivity (Wildman–Crippen MR) is 90.8 cm³/mol. The van der Waals surface area contributed by atoms with Crippen LogP contribution in [0.2, 0.25) is 0 Å². The van der Waals surface area contributed by atoms with Crippen molar-refractivity contribution < 1.29 is 19.7 Å². The molecule has 0 amide bonds. The molecule has 3 rings (SSSR count). The summed E-state index contributed by atoms with van der Waals surface area (Å²) in [6.45, 7) is 5.89. The average Bonchev–Trinajstić information content (AvgIpc) is 3.10. The number of hydrogen-bond donors (Lipinski definition) is 2. The fourth-order valence-electron chi connectivity index (χ4n) is 2.93. The summed E-state index contributed by atoms with van der Waals surface area (Å²) >= 11 is 1.69. The number of rotatable bonds is 7. The van der Waals surface area contributed by atoms with Gasteiger partial charge in [-0.1, -0.05) is 12.1 Å². The molecule has 2 aromatic rings. The minimum atomic E-state index is -0.389. The fourth-order valence-corrected chi connectivity index (χ4v) is 3.57. The Morgan fingerprint density at radius 3 is 2.83 bits per heavy atom. The van der Waals surface area contributed by atoms with Gasteiger partial charge in [-0.2, -0.15) is 0 Å². The van der Waals surface area contributed by atoms with Gasteiger partial charge < -0.3 is 14.7 Å². The van der Waals surface area contributed by atoms with E-state index in [0.29, 0.717) is 13.2 Å². The molecule has 23 heavy (non-hydrogen) atoms. The number of aliphatic hydroxyl groups is 1. The standard InChI is InChI=1S/C17H23N3O2S/c21-15(13-22-14-16-4-3-11-23-16)12-19-7-9-20(10-8-19)17-5-1-2-6-18-17/h1-6,11,15,21H,7-10,12-14H2/p+2/t15-/m0/s1. The molecule has 0 bridgehead atoms. The van der Waals surface area contributed by atoms with Crippen molar-refractivity contribution >= 4 is 17.2 Å². The van der Waals surface area contributed by atoms with Crippen molar-refractivity contribution in [3.63, 3.8) is 0 Å². The molecule has 0 aliphatic carbocycles. The van der Waals surface area contributed by atoms with E-state index >= 15 is 0 Å². The lowest BCUT2D eigenvalue weighted by Gasteiger charge is -2.29. The minimum Gasteiger partial charge on any atom is -0.385 e. The van der Waals surface area contributed by atoms with Crippen LogP contribution >= 0.6 is 11.3 Å². The fraction of sp³-hybridized carbons (Fsp3) is 0.471. The number of anilines is 1. The van der Waals surface area contributed by atoms with E-state index in [4.69, 9.17) is 4.74 Å². The summed E-state index contributed by atoms with van der Waals surface area (Å²) in [5, 5.41) is 12.2. The molecular formula is C17H25N3O2S+2. The number of hydrogen-bond acceptors (Lipinski definition) is 4. The van der Waals surface area contributed by atoms with Crippen LogP contribution in [0.1, 0.15) is 4.88 Å². The molecule has 0 radical (unpaired) electrons. The van der Waals surface area contributed by atoms with Crippen LogP contribution in [0.3, 0.4) is 0 Å². The number of ether oxygens (including phenoxy) is 1. The monoisotopic (exact) mass is 335 g/mol. The summed E-state index contributed by atoms with van der Waals surface area (Å²) in [4.78, 5) is 8.30. The Kier molecular flexibility index (Phi) is 5.99. The van der Waals surface area contributed by atoms with Gasteiger partial charge in [-0.3, -0.25) is 4.90 Å². The molecule has 124 valence electrons. The second kappa shape index (κ2) is 8.40. The van der Waals surface area contributed by atoms with Crippen LogP contribution in [0.25, 0.3) is 0 Å². The highest BCUT2D eigenvalue weighted by Gasteiger charge is 2.27. The molecule has 2 aromatic heterocycles. The summed E-state index contributed by atoms with van der Waals surface area (Å²) < 4.78 is 5.60. The van der Waals surface area contributed by atoms with E-state index in [-0.39, 0.29) is 6.10 Å². The van der Waals surface area contributed by atoms with Crippen LogP contribution in [0, 0.1) is 0 Å². The van der Waals surface area contributed by atoms with Crippen molar-refractivity contribution in [2.24, 2.45) is 0 Å². The van der Waals surface area contributed by atoms with E-state index in [0.717, 1.165) is 32.7 Å². The summed E-state index contributed by atoms with van der Waals surface area (Å²) in [7, 11) is 0. The lowest BCUT2D eigenvalue weighted by atomic mass is 10.2. The van der Waals surface area contributed by atoms with Gasteiger partial charge in [0.15, 0.2) is 0 Å². The van der Waals surface area contributed by atoms with Crippen LogP contribution in [0.4, 0.5) is 5.82 Å². The van der Waals surface area contributed by atoms with Gasteiger partial charge in [-0.25, -0.2) is 4.98 Å². The lowest BCUT2D eigenvalue weighted by molar-refractivity contribution is -0.903. The third-order valence-corrected chi connectivity index (χ3v) is 5.01. The van der Waals surface area contributed by atoms with Crippen molar-refractivity contribution in [2.75, 3.05) is 44.2 Å². The van der Waals surface area contributed by atoms with Gasteiger partial charge in [-0.15, -0.1) is 11.3 Å². The molecule has 0 aromatic carbocycles. The molecule has 0 saturated carbocycles. The number of H-pyrrole nitrogens is 1. The zero-order valence-corrected chi connectivity index (χ0v) is 14.1. The largest absolute Gasteiger partial charge is 0.385 e.